The van der Waals surface area contributed by atoms with Gasteiger partial charge in [-0.25, -0.2) is 9.78 Å². The first kappa shape index (κ1) is 16.5. The second-order valence-electron chi connectivity index (χ2n) is 5.06. The highest BCUT2D eigenvalue weighted by molar-refractivity contribution is 7.85. The van der Waals surface area contributed by atoms with Gasteiger partial charge in [-0.1, -0.05) is 6.07 Å². The third-order valence-electron chi connectivity index (χ3n) is 3.37. The van der Waals surface area contributed by atoms with E-state index in [0.29, 0.717) is 32.6 Å². The number of piperazine rings is 1. The van der Waals surface area contributed by atoms with Gasteiger partial charge in [-0.05, 0) is 18.1 Å². The fourth-order valence-electron chi connectivity index (χ4n) is 2.19. The molecule has 2 rings (SSSR count). The van der Waals surface area contributed by atoms with Gasteiger partial charge in [-0.15, -0.1) is 0 Å². The minimum atomic E-state index is -3.41. The maximum atomic E-state index is 10.9. The number of aromatic nitrogens is 1. The van der Waals surface area contributed by atoms with Crippen molar-refractivity contribution in [3.05, 3.63) is 23.9 Å². The minimum absolute atomic E-state index is 0.0944. The van der Waals surface area contributed by atoms with Crippen molar-refractivity contribution in [2.45, 2.75) is 6.42 Å². The highest BCUT2D eigenvalue weighted by Gasteiger charge is 2.20. The number of hydrogen-bond donors (Lipinski definition) is 1. The van der Waals surface area contributed by atoms with Gasteiger partial charge in [0.1, 0.15) is 5.82 Å². The Bertz CT molecular complexity index is 609. The van der Waals surface area contributed by atoms with Gasteiger partial charge in [0.25, 0.3) is 10.1 Å². The lowest BCUT2D eigenvalue weighted by molar-refractivity contribution is 0.142. The molecule has 2 heterocycles. The van der Waals surface area contributed by atoms with E-state index < -0.39 is 16.2 Å². The third-order valence-corrected chi connectivity index (χ3v) is 3.97. The Balaban J connectivity index is 1.86. The third kappa shape index (κ3) is 4.85. The molecule has 1 amide bonds. The monoisotopic (exact) mass is 329 g/mol. The summed E-state index contributed by atoms with van der Waals surface area (Å²) in [4.78, 5) is 18.6. The molecule has 1 fully saturated rings. The first-order chi connectivity index (χ1) is 10.3. The predicted octanol–water partition coefficient (Wildman–Crippen LogP) is 0.400. The van der Waals surface area contributed by atoms with Crippen molar-refractivity contribution in [1.29, 1.82) is 0 Å². The number of amides is 1. The molecular weight excluding hydrogens is 310 g/mol. The molecule has 1 aromatic rings. The van der Waals surface area contributed by atoms with Crippen LogP contribution in [0.25, 0.3) is 0 Å². The van der Waals surface area contributed by atoms with Crippen LogP contribution in [0.15, 0.2) is 18.3 Å². The zero-order valence-electron chi connectivity index (χ0n) is 12.3. The summed E-state index contributed by atoms with van der Waals surface area (Å²) < 4.78 is 26.4. The van der Waals surface area contributed by atoms with Gasteiger partial charge in [0.2, 0.25) is 0 Å². The van der Waals surface area contributed by atoms with Gasteiger partial charge in [0, 0.05) is 32.4 Å². The lowest BCUT2D eigenvalue weighted by atomic mass is 10.2. The van der Waals surface area contributed by atoms with E-state index in [2.05, 4.69) is 9.17 Å². The number of rotatable bonds is 5. The SMILES string of the molecule is CS(=O)(=O)OCCc1ccc(N2CCN(C(=O)O)CC2)nc1. The average Bonchev–Trinajstić information content (AvgIpc) is 2.47. The molecule has 1 saturated heterocycles. The maximum Gasteiger partial charge on any atom is 0.407 e. The summed E-state index contributed by atoms with van der Waals surface area (Å²) in [5, 5.41) is 8.91. The summed E-state index contributed by atoms with van der Waals surface area (Å²) in [6, 6.07) is 3.73. The Hall–Kier alpha value is -1.87. The van der Waals surface area contributed by atoms with Crippen LogP contribution in [0.3, 0.4) is 0 Å². The van der Waals surface area contributed by atoms with Crippen LogP contribution >= 0.6 is 0 Å². The van der Waals surface area contributed by atoms with Gasteiger partial charge in [-0.3, -0.25) is 4.18 Å². The molecule has 0 unspecified atom stereocenters. The maximum absolute atomic E-state index is 10.9. The molecule has 0 atom stereocenters. The smallest absolute Gasteiger partial charge is 0.407 e. The molecule has 0 saturated carbocycles. The van der Waals surface area contributed by atoms with E-state index in [0.717, 1.165) is 17.6 Å². The fraction of sp³-hybridized carbons (Fsp3) is 0.538. The number of pyridine rings is 1. The lowest BCUT2D eigenvalue weighted by Crippen LogP contribution is -2.48. The van der Waals surface area contributed by atoms with E-state index in [4.69, 9.17) is 5.11 Å². The molecule has 1 aliphatic rings. The summed E-state index contributed by atoms with van der Waals surface area (Å²) in [7, 11) is -3.41. The first-order valence-corrected chi connectivity index (χ1v) is 8.69. The second-order valence-corrected chi connectivity index (χ2v) is 6.70. The Morgan fingerprint density at radius 1 is 1.32 bits per heavy atom. The van der Waals surface area contributed by atoms with Gasteiger partial charge >= 0.3 is 6.09 Å². The molecule has 0 bridgehead atoms. The normalized spacial score (nSPS) is 15.9. The van der Waals surface area contributed by atoms with Crippen LogP contribution in [-0.2, 0) is 20.7 Å². The Morgan fingerprint density at radius 2 is 2.00 bits per heavy atom. The Labute approximate surface area is 129 Å². The Morgan fingerprint density at radius 3 is 2.50 bits per heavy atom. The van der Waals surface area contributed by atoms with Crippen LogP contribution in [0.2, 0.25) is 0 Å². The van der Waals surface area contributed by atoms with Crippen LogP contribution in [-0.4, -0.2) is 68.5 Å². The zero-order chi connectivity index (χ0) is 16.2. The highest BCUT2D eigenvalue weighted by atomic mass is 32.2. The number of hydrogen-bond acceptors (Lipinski definition) is 6. The van der Waals surface area contributed by atoms with E-state index in [9.17, 15) is 13.2 Å². The molecule has 1 aromatic heterocycles. The van der Waals surface area contributed by atoms with Crippen molar-refractivity contribution in [2.75, 3.05) is 43.9 Å². The number of nitrogens with zero attached hydrogens (tertiary/aromatic N) is 3. The van der Waals surface area contributed by atoms with Crippen LogP contribution in [0.4, 0.5) is 10.6 Å². The quantitative estimate of drug-likeness (QED) is 0.780. The standard InChI is InChI=1S/C13H19N3O5S/c1-22(19,20)21-9-4-11-2-3-12(14-10-11)15-5-7-16(8-6-15)13(17)18/h2-3,10H,4-9H2,1H3,(H,17,18). The molecule has 1 N–H and O–H groups in total. The second kappa shape index (κ2) is 6.93. The van der Waals surface area contributed by atoms with E-state index in [-0.39, 0.29) is 6.61 Å². The summed E-state index contributed by atoms with van der Waals surface area (Å²) in [5.74, 6) is 0.790. The molecule has 0 spiro atoms. The van der Waals surface area contributed by atoms with E-state index in [1.165, 1.54) is 4.90 Å². The van der Waals surface area contributed by atoms with Crippen LogP contribution in [0.1, 0.15) is 5.56 Å². The van der Waals surface area contributed by atoms with E-state index >= 15 is 0 Å². The lowest BCUT2D eigenvalue weighted by Gasteiger charge is -2.33. The molecule has 8 nitrogen and oxygen atoms in total. The van der Waals surface area contributed by atoms with Crippen molar-refractivity contribution in [2.24, 2.45) is 0 Å². The molecule has 0 aliphatic carbocycles. The summed E-state index contributed by atoms with van der Waals surface area (Å²) in [5.41, 5.74) is 0.886. The van der Waals surface area contributed by atoms with E-state index in [1.54, 1.807) is 6.20 Å². The van der Waals surface area contributed by atoms with Gasteiger partial charge < -0.3 is 14.9 Å². The molecule has 9 heteroatoms. The summed E-state index contributed by atoms with van der Waals surface area (Å²) in [6.45, 7) is 2.23. The topological polar surface area (TPSA) is 100 Å². The number of anilines is 1. The summed E-state index contributed by atoms with van der Waals surface area (Å²) >= 11 is 0. The van der Waals surface area contributed by atoms with Crippen molar-refractivity contribution < 1.29 is 22.5 Å². The van der Waals surface area contributed by atoms with Crippen LogP contribution in [0, 0.1) is 0 Å². The molecular formula is C13H19N3O5S. The van der Waals surface area contributed by atoms with E-state index in [1.807, 2.05) is 17.0 Å². The van der Waals surface area contributed by atoms with Crippen molar-refractivity contribution >= 4 is 22.0 Å². The molecule has 22 heavy (non-hydrogen) atoms. The fourth-order valence-corrected chi connectivity index (χ4v) is 2.58. The number of carboxylic acid groups (broad SMARTS) is 1. The van der Waals surface area contributed by atoms with Crippen molar-refractivity contribution in [1.82, 2.24) is 9.88 Å². The van der Waals surface area contributed by atoms with Gasteiger partial charge in [-0.2, -0.15) is 8.42 Å². The first-order valence-electron chi connectivity index (χ1n) is 6.87. The van der Waals surface area contributed by atoms with Gasteiger partial charge in [0.15, 0.2) is 0 Å². The molecule has 122 valence electrons. The minimum Gasteiger partial charge on any atom is -0.465 e. The zero-order valence-corrected chi connectivity index (χ0v) is 13.1. The molecule has 1 aliphatic heterocycles. The van der Waals surface area contributed by atoms with Crippen LogP contribution < -0.4 is 4.90 Å². The average molecular weight is 329 g/mol. The molecule has 0 radical (unpaired) electrons. The molecule has 0 aromatic carbocycles. The largest absolute Gasteiger partial charge is 0.465 e. The van der Waals surface area contributed by atoms with Crippen molar-refractivity contribution in [3.8, 4) is 0 Å². The predicted molar refractivity (Wildman–Crippen MR) is 80.5 cm³/mol. The highest BCUT2D eigenvalue weighted by Crippen LogP contribution is 2.14. The Kier molecular flexibility index (Phi) is 5.19. The van der Waals surface area contributed by atoms with Crippen molar-refractivity contribution in [3.63, 3.8) is 0 Å². The van der Waals surface area contributed by atoms with Gasteiger partial charge in [0.05, 0.1) is 12.9 Å². The number of carbonyl (C=O) groups is 1. The summed E-state index contributed by atoms with van der Waals surface area (Å²) in [6.07, 6.45) is 2.27. The van der Waals surface area contributed by atoms with Crippen LogP contribution in [0.5, 0.6) is 0 Å².